The average Bonchev–Trinajstić information content (AvgIpc) is 3.78. The number of allylic oxidation sites excluding steroid dienone is 1. The molecule has 8 saturated carbocycles. The molecule has 0 aromatic rings. The number of hydrogen-bond donors (Lipinski definition) is 1. The highest BCUT2D eigenvalue weighted by Crippen LogP contribution is 2.78. The maximum absolute atomic E-state index is 15.3. The molecule has 4 nitrogen and oxygen atoms in total. The van der Waals surface area contributed by atoms with Crippen LogP contribution in [0.2, 0.25) is 0 Å². The van der Waals surface area contributed by atoms with Crippen LogP contribution >= 0.6 is 0 Å². The van der Waals surface area contributed by atoms with Crippen molar-refractivity contribution in [3.63, 3.8) is 0 Å². The third-order valence-electron chi connectivity index (χ3n) is 24.7. The van der Waals surface area contributed by atoms with Gasteiger partial charge in [0.05, 0.1) is 5.41 Å². The van der Waals surface area contributed by atoms with Crippen LogP contribution in [0.25, 0.3) is 0 Å². The van der Waals surface area contributed by atoms with Gasteiger partial charge in [0.1, 0.15) is 6.10 Å². The predicted octanol–water partition coefficient (Wildman–Crippen LogP) is 15.2. The standard InChI is InChI=1S/C59H97NO3/c1-36(2)15-14-16-38(5)44-19-20-45-43-18-17-40-35-41(23-28-54(40,9)46(43)25-29-55(44,45)10)63-52(62)59-32-24-42(37(3)4)51(59)47-21-22-49-56(11)30-27-50(60-39(6)61)53(7,8)48(56)26-31-58(49,13)57(47,12)33-34-59/h17,36-38,41-51H,14-16,18-35H2,1-13H3,(H,60,61)/t38-,41-,42?,43+,44-,45+,46+,47-,48?,49-,50?,51?,54+,55-,56+,57-,58-,59+/m1/s1. The third kappa shape index (κ3) is 6.93. The molecule has 18 atom stereocenters. The summed E-state index contributed by atoms with van der Waals surface area (Å²) in [6.07, 6.45) is 29.1. The van der Waals surface area contributed by atoms with Gasteiger partial charge >= 0.3 is 5.97 Å². The second kappa shape index (κ2) is 16.2. The summed E-state index contributed by atoms with van der Waals surface area (Å²) in [6.45, 7) is 32.5. The molecule has 9 aliphatic rings. The van der Waals surface area contributed by atoms with Crippen LogP contribution in [-0.2, 0) is 14.3 Å². The number of ether oxygens (including phenoxy) is 1. The van der Waals surface area contributed by atoms with E-state index in [2.05, 4.69) is 94.5 Å². The fourth-order valence-corrected chi connectivity index (χ4v) is 21.3. The lowest BCUT2D eigenvalue weighted by molar-refractivity contribution is -0.243. The van der Waals surface area contributed by atoms with E-state index in [0.717, 1.165) is 67.6 Å². The summed E-state index contributed by atoms with van der Waals surface area (Å²) in [6, 6.07) is 0.266. The molecule has 9 rings (SSSR count). The number of carbonyl (C=O) groups is 2. The minimum Gasteiger partial charge on any atom is -0.462 e. The zero-order valence-electron chi connectivity index (χ0n) is 43.2. The Balaban J connectivity index is 0.907. The summed E-state index contributed by atoms with van der Waals surface area (Å²) >= 11 is 0. The smallest absolute Gasteiger partial charge is 0.312 e. The van der Waals surface area contributed by atoms with Gasteiger partial charge in [-0.05, 0) is 213 Å². The molecule has 8 fully saturated rings. The molecule has 0 aromatic carbocycles. The largest absolute Gasteiger partial charge is 0.462 e. The number of carbonyl (C=O) groups excluding carboxylic acids is 2. The molecule has 9 aliphatic carbocycles. The fraction of sp³-hybridized carbons (Fsp3) is 0.932. The van der Waals surface area contributed by atoms with E-state index in [9.17, 15) is 4.79 Å². The number of fused-ring (bicyclic) bond motifs is 12. The van der Waals surface area contributed by atoms with Gasteiger partial charge in [-0.25, -0.2) is 0 Å². The Morgan fingerprint density at radius 2 is 1.43 bits per heavy atom. The van der Waals surface area contributed by atoms with Crippen LogP contribution in [0.15, 0.2) is 11.6 Å². The molecule has 1 N–H and O–H groups in total. The summed E-state index contributed by atoms with van der Waals surface area (Å²) in [7, 11) is 0. The van der Waals surface area contributed by atoms with Crippen LogP contribution in [-0.4, -0.2) is 24.0 Å². The summed E-state index contributed by atoms with van der Waals surface area (Å²) in [5, 5.41) is 3.40. The first-order chi connectivity index (χ1) is 29.6. The second-order valence-electron chi connectivity index (χ2n) is 28.0. The number of amides is 1. The van der Waals surface area contributed by atoms with Crippen molar-refractivity contribution in [3.05, 3.63) is 11.6 Å². The van der Waals surface area contributed by atoms with Crippen LogP contribution in [0.4, 0.5) is 0 Å². The maximum Gasteiger partial charge on any atom is 0.312 e. The molecule has 0 aliphatic heterocycles. The Morgan fingerprint density at radius 3 is 2.14 bits per heavy atom. The molecule has 63 heavy (non-hydrogen) atoms. The Morgan fingerprint density at radius 1 is 0.698 bits per heavy atom. The zero-order valence-corrected chi connectivity index (χ0v) is 43.2. The van der Waals surface area contributed by atoms with Crippen molar-refractivity contribution in [3.8, 4) is 0 Å². The van der Waals surface area contributed by atoms with Crippen molar-refractivity contribution in [2.24, 2.45) is 109 Å². The SMILES string of the molecule is CC(=O)NC1CC[C@@]2(C)C(CC[C@]3(C)[C@@H]2CC[C@@H]2C4C(C(C)C)CC[C@]4(C(=O)O[C@@H]4CC[C@@]5(C)C(=CC[C@H]6[C@@H]7CC[C@H]([C@H](C)CCCC(C)C)[C@@]7(C)CC[C@@H]65)C4)CC[C@]23C)C1(C)C. The van der Waals surface area contributed by atoms with Crippen molar-refractivity contribution in [1.82, 2.24) is 5.32 Å². The van der Waals surface area contributed by atoms with Crippen LogP contribution in [0, 0.1) is 109 Å². The third-order valence-corrected chi connectivity index (χ3v) is 24.7. The zero-order chi connectivity index (χ0) is 45.3. The van der Waals surface area contributed by atoms with E-state index in [0.29, 0.717) is 40.9 Å². The second-order valence-corrected chi connectivity index (χ2v) is 28.0. The molecule has 0 aromatic heterocycles. The first-order valence-electron chi connectivity index (χ1n) is 27.7. The van der Waals surface area contributed by atoms with E-state index in [1.54, 1.807) is 12.5 Å². The summed E-state index contributed by atoms with van der Waals surface area (Å²) in [4.78, 5) is 27.7. The van der Waals surface area contributed by atoms with Crippen molar-refractivity contribution >= 4 is 11.9 Å². The molecule has 0 bridgehead atoms. The van der Waals surface area contributed by atoms with Gasteiger partial charge in [0.2, 0.25) is 5.91 Å². The van der Waals surface area contributed by atoms with E-state index in [1.165, 1.54) is 103 Å². The highest BCUT2D eigenvalue weighted by molar-refractivity contribution is 5.78. The van der Waals surface area contributed by atoms with Crippen LogP contribution < -0.4 is 5.32 Å². The van der Waals surface area contributed by atoms with Gasteiger partial charge in [-0.15, -0.1) is 0 Å². The molecular weight excluding hydrogens is 771 g/mol. The van der Waals surface area contributed by atoms with Gasteiger partial charge < -0.3 is 10.1 Å². The Labute approximate surface area is 387 Å². The van der Waals surface area contributed by atoms with E-state index in [4.69, 9.17) is 4.74 Å². The van der Waals surface area contributed by atoms with Crippen LogP contribution in [0.1, 0.15) is 225 Å². The lowest BCUT2D eigenvalue weighted by Crippen LogP contribution is -2.68. The van der Waals surface area contributed by atoms with Crippen molar-refractivity contribution in [1.29, 1.82) is 0 Å². The molecule has 0 heterocycles. The number of esters is 1. The van der Waals surface area contributed by atoms with Crippen molar-refractivity contribution < 1.29 is 14.3 Å². The summed E-state index contributed by atoms with van der Waals surface area (Å²) < 4.78 is 7.05. The first kappa shape index (κ1) is 46.8. The van der Waals surface area contributed by atoms with E-state index >= 15 is 4.79 Å². The lowest BCUT2D eigenvalue weighted by atomic mass is 9.32. The monoisotopic (exact) mass is 868 g/mol. The lowest BCUT2D eigenvalue weighted by Gasteiger charge is -2.73. The predicted molar refractivity (Wildman–Crippen MR) is 260 cm³/mol. The molecule has 0 spiro atoms. The summed E-state index contributed by atoms with van der Waals surface area (Å²) in [5.41, 5.74) is 3.01. The number of hydrogen-bond acceptors (Lipinski definition) is 3. The Bertz CT molecular complexity index is 1780. The van der Waals surface area contributed by atoms with Gasteiger partial charge in [-0.3, -0.25) is 9.59 Å². The van der Waals surface area contributed by atoms with Crippen LogP contribution in [0.3, 0.4) is 0 Å². The highest BCUT2D eigenvalue weighted by atomic mass is 16.5. The van der Waals surface area contributed by atoms with E-state index in [-0.39, 0.29) is 56.5 Å². The highest BCUT2D eigenvalue weighted by Gasteiger charge is 2.72. The minimum atomic E-state index is -0.312. The van der Waals surface area contributed by atoms with Crippen molar-refractivity contribution in [2.75, 3.05) is 0 Å². The van der Waals surface area contributed by atoms with E-state index < -0.39 is 0 Å². The van der Waals surface area contributed by atoms with Gasteiger partial charge in [-0.1, -0.05) is 114 Å². The molecule has 4 heteroatoms. The van der Waals surface area contributed by atoms with Gasteiger partial charge in [0, 0.05) is 19.4 Å². The van der Waals surface area contributed by atoms with Crippen LogP contribution in [0.5, 0.6) is 0 Å². The average molecular weight is 868 g/mol. The first-order valence-corrected chi connectivity index (χ1v) is 27.7. The molecule has 1 amide bonds. The quantitative estimate of drug-likeness (QED) is 0.186. The van der Waals surface area contributed by atoms with Gasteiger partial charge in [0.25, 0.3) is 0 Å². The Hall–Kier alpha value is -1.32. The normalized spacial score (nSPS) is 50.1. The molecule has 4 unspecified atom stereocenters. The van der Waals surface area contributed by atoms with Gasteiger partial charge in [-0.2, -0.15) is 0 Å². The summed E-state index contributed by atoms with van der Waals surface area (Å²) in [5.74, 6) is 8.98. The Kier molecular flexibility index (Phi) is 12.0. The number of nitrogens with one attached hydrogen (secondary N) is 1. The molecule has 356 valence electrons. The maximum atomic E-state index is 15.3. The topological polar surface area (TPSA) is 55.4 Å². The molecular formula is C59H97NO3. The molecule has 0 saturated heterocycles. The van der Waals surface area contributed by atoms with Crippen molar-refractivity contribution in [2.45, 2.75) is 237 Å². The molecule has 0 radical (unpaired) electrons. The van der Waals surface area contributed by atoms with Gasteiger partial charge in [0.15, 0.2) is 0 Å². The fourth-order valence-electron chi connectivity index (χ4n) is 21.3. The van der Waals surface area contributed by atoms with E-state index in [1.807, 2.05) is 0 Å². The number of rotatable bonds is 9. The minimum absolute atomic E-state index is 0.0469.